The molecule has 0 aromatic heterocycles. The van der Waals surface area contributed by atoms with Crippen LogP contribution in [0, 0.1) is 0 Å². The van der Waals surface area contributed by atoms with E-state index < -0.39 is 28.7 Å². The van der Waals surface area contributed by atoms with Gasteiger partial charge in [0.25, 0.3) is 0 Å². The van der Waals surface area contributed by atoms with Crippen molar-refractivity contribution in [2.45, 2.75) is 30.0 Å². The number of rotatable bonds is 5. The molecule has 0 bridgehead atoms. The van der Waals surface area contributed by atoms with Crippen molar-refractivity contribution in [3.05, 3.63) is 29.8 Å². The maximum atomic E-state index is 12.5. The van der Waals surface area contributed by atoms with Crippen molar-refractivity contribution < 1.29 is 26.4 Å². The van der Waals surface area contributed by atoms with Crippen LogP contribution in [0.25, 0.3) is 0 Å². The lowest BCUT2D eigenvalue weighted by Crippen LogP contribution is -2.46. The lowest BCUT2D eigenvalue weighted by atomic mass is 10.1. The molecule has 1 saturated heterocycles. The second kappa shape index (κ2) is 7.08. The number of carbonyl (C=O) groups is 1. The molecule has 1 heterocycles. The fourth-order valence-corrected chi connectivity index (χ4v) is 3.97. The van der Waals surface area contributed by atoms with Gasteiger partial charge in [-0.2, -0.15) is 17.5 Å². The molecule has 0 saturated carbocycles. The maximum Gasteiger partial charge on any atom is 0.401 e. The highest BCUT2D eigenvalue weighted by Gasteiger charge is 2.32. The number of alkyl halides is 3. The molecule has 24 heavy (non-hydrogen) atoms. The smallest absolute Gasteiger partial charge is 0.366 e. The lowest BCUT2D eigenvalue weighted by Gasteiger charge is -2.32. The Kier molecular flexibility index (Phi) is 5.51. The largest absolute Gasteiger partial charge is 0.401 e. The Morgan fingerprint density at radius 2 is 1.75 bits per heavy atom. The Labute approximate surface area is 137 Å². The van der Waals surface area contributed by atoms with Crippen molar-refractivity contribution in [2.75, 3.05) is 19.6 Å². The van der Waals surface area contributed by atoms with Gasteiger partial charge < -0.3 is 11.1 Å². The number of hydrogen-bond donors (Lipinski definition) is 2. The fraction of sp³-hybridized carbons (Fsp3) is 0.500. The summed E-state index contributed by atoms with van der Waals surface area (Å²) in [6.45, 7) is -0.816. The Hall–Kier alpha value is -1.65. The van der Waals surface area contributed by atoms with E-state index in [4.69, 9.17) is 5.73 Å². The zero-order chi connectivity index (χ0) is 18.0. The molecule has 0 spiro atoms. The fourth-order valence-electron chi connectivity index (χ4n) is 2.50. The molecular formula is C14H18F3N3O3S. The number of nitrogens with one attached hydrogen (secondary N) is 1. The predicted octanol–water partition coefficient (Wildman–Crippen LogP) is 1.09. The highest BCUT2D eigenvalue weighted by atomic mass is 32.2. The van der Waals surface area contributed by atoms with E-state index in [1.54, 1.807) is 0 Å². The van der Waals surface area contributed by atoms with Gasteiger partial charge in [-0.3, -0.25) is 4.79 Å². The summed E-state index contributed by atoms with van der Waals surface area (Å²) in [6, 6.07) is 4.88. The van der Waals surface area contributed by atoms with Gasteiger partial charge in [-0.15, -0.1) is 0 Å². The summed E-state index contributed by atoms with van der Waals surface area (Å²) >= 11 is 0. The summed E-state index contributed by atoms with van der Waals surface area (Å²) in [4.78, 5) is 11.0. The van der Waals surface area contributed by atoms with Gasteiger partial charge >= 0.3 is 6.18 Å². The molecule has 134 valence electrons. The minimum Gasteiger partial charge on any atom is -0.366 e. The summed E-state index contributed by atoms with van der Waals surface area (Å²) in [5.74, 6) is -0.657. The number of piperidine rings is 1. The van der Waals surface area contributed by atoms with Gasteiger partial charge in [0.05, 0.1) is 11.4 Å². The summed E-state index contributed by atoms with van der Waals surface area (Å²) in [5.41, 5.74) is 5.30. The monoisotopic (exact) mass is 365 g/mol. The number of benzene rings is 1. The Balaban J connectivity index is 1.98. The van der Waals surface area contributed by atoms with Crippen LogP contribution in [0.1, 0.15) is 23.2 Å². The number of carbonyl (C=O) groups excluding carboxylic acids is 1. The van der Waals surface area contributed by atoms with Crippen LogP contribution in [0.15, 0.2) is 29.2 Å². The summed E-state index contributed by atoms with van der Waals surface area (Å²) < 4.78 is 62.8. The molecule has 0 atom stereocenters. The van der Waals surface area contributed by atoms with Crippen molar-refractivity contribution >= 4 is 15.9 Å². The molecule has 1 aliphatic heterocycles. The lowest BCUT2D eigenvalue weighted by molar-refractivity contribution is -0.126. The van der Waals surface area contributed by atoms with Crippen LogP contribution in [0.4, 0.5) is 13.2 Å². The first-order chi connectivity index (χ1) is 11.1. The highest BCUT2D eigenvalue weighted by Crippen LogP contribution is 2.22. The third-order valence-corrected chi connectivity index (χ3v) is 5.73. The third kappa shape index (κ3) is 4.68. The van der Waals surface area contributed by atoms with Crippen LogP contribution in [0.3, 0.4) is 0 Å². The summed E-state index contributed by atoms with van der Waals surface area (Å²) in [5, 5.41) is 2.40. The van der Waals surface area contributed by atoms with E-state index in [1.165, 1.54) is 28.6 Å². The van der Waals surface area contributed by atoms with Crippen molar-refractivity contribution in [1.82, 2.24) is 9.62 Å². The predicted molar refractivity (Wildman–Crippen MR) is 80.8 cm³/mol. The van der Waals surface area contributed by atoms with Crippen molar-refractivity contribution in [3.8, 4) is 0 Å². The zero-order valence-corrected chi connectivity index (χ0v) is 13.5. The number of nitrogens with two attached hydrogens (primary N) is 1. The van der Waals surface area contributed by atoms with Crippen LogP contribution in [0.5, 0.6) is 0 Å². The minimum absolute atomic E-state index is 0.0224. The number of nitrogens with zero attached hydrogens (tertiary/aromatic N) is 1. The van der Waals surface area contributed by atoms with E-state index in [1.807, 2.05) is 0 Å². The van der Waals surface area contributed by atoms with Crippen molar-refractivity contribution in [2.24, 2.45) is 5.73 Å². The van der Waals surface area contributed by atoms with E-state index in [-0.39, 0.29) is 29.6 Å². The van der Waals surface area contributed by atoms with Crippen LogP contribution >= 0.6 is 0 Å². The zero-order valence-electron chi connectivity index (χ0n) is 12.7. The van der Waals surface area contributed by atoms with Crippen molar-refractivity contribution in [1.29, 1.82) is 0 Å². The van der Waals surface area contributed by atoms with E-state index in [0.29, 0.717) is 12.8 Å². The first-order valence-electron chi connectivity index (χ1n) is 7.30. The molecule has 0 aliphatic carbocycles. The minimum atomic E-state index is -4.29. The molecule has 6 nitrogen and oxygen atoms in total. The van der Waals surface area contributed by atoms with Crippen LogP contribution < -0.4 is 11.1 Å². The van der Waals surface area contributed by atoms with Crippen LogP contribution in [-0.2, 0) is 10.0 Å². The number of amides is 1. The van der Waals surface area contributed by atoms with E-state index >= 15 is 0 Å². The molecule has 10 heteroatoms. The quantitative estimate of drug-likeness (QED) is 0.817. The van der Waals surface area contributed by atoms with Gasteiger partial charge in [0.2, 0.25) is 15.9 Å². The molecule has 0 radical (unpaired) electrons. The summed E-state index contributed by atoms with van der Waals surface area (Å²) in [7, 11) is -3.74. The van der Waals surface area contributed by atoms with Gasteiger partial charge in [0.15, 0.2) is 0 Å². The van der Waals surface area contributed by atoms with Gasteiger partial charge in [-0.05, 0) is 37.1 Å². The number of hydrogen-bond acceptors (Lipinski definition) is 4. The van der Waals surface area contributed by atoms with E-state index in [9.17, 15) is 26.4 Å². The molecule has 1 aromatic carbocycles. The van der Waals surface area contributed by atoms with E-state index in [0.717, 1.165) is 0 Å². The first-order valence-corrected chi connectivity index (χ1v) is 8.74. The van der Waals surface area contributed by atoms with Gasteiger partial charge in [0.1, 0.15) is 0 Å². The number of halogens is 3. The second-order valence-electron chi connectivity index (χ2n) is 5.56. The van der Waals surface area contributed by atoms with Gasteiger partial charge in [-0.25, -0.2) is 8.42 Å². The van der Waals surface area contributed by atoms with Gasteiger partial charge in [-0.1, -0.05) is 0 Å². The molecular weight excluding hydrogens is 347 g/mol. The average molecular weight is 365 g/mol. The molecule has 1 fully saturated rings. The molecule has 1 aromatic rings. The SMILES string of the molecule is NC(=O)c1ccc(S(=O)(=O)N2CCC(NCC(F)(F)F)CC2)cc1. The van der Waals surface area contributed by atoms with Crippen LogP contribution in [-0.4, -0.2) is 50.5 Å². The Morgan fingerprint density at radius 1 is 1.21 bits per heavy atom. The number of primary amides is 1. The Morgan fingerprint density at radius 3 is 2.21 bits per heavy atom. The Bertz CT molecular complexity index is 681. The second-order valence-corrected chi connectivity index (χ2v) is 7.50. The molecule has 0 unspecified atom stereocenters. The third-order valence-electron chi connectivity index (χ3n) is 3.82. The number of sulfonamides is 1. The average Bonchev–Trinajstić information content (AvgIpc) is 2.52. The van der Waals surface area contributed by atoms with Crippen molar-refractivity contribution in [3.63, 3.8) is 0 Å². The van der Waals surface area contributed by atoms with Gasteiger partial charge in [0, 0.05) is 24.7 Å². The highest BCUT2D eigenvalue weighted by molar-refractivity contribution is 7.89. The normalized spacial score (nSPS) is 17.8. The molecule has 1 aliphatic rings. The van der Waals surface area contributed by atoms with E-state index in [2.05, 4.69) is 5.32 Å². The molecule has 2 rings (SSSR count). The maximum absolute atomic E-state index is 12.5. The molecule has 3 N–H and O–H groups in total. The topological polar surface area (TPSA) is 92.5 Å². The molecule has 1 amide bonds. The summed E-state index contributed by atoms with van der Waals surface area (Å²) in [6.07, 6.45) is -3.69. The van der Waals surface area contributed by atoms with Crippen LogP contribution in [0.2, 0.25) is 0 Å². The standard InChI is InChI=1S/C14H18F3N3O3S/c15-14(16,17)9-19-11-5-7-20(8-6-11)24(22,23)12-3-1-10(2-4-12)13(18)21/h1-4,11,19H,5-9H2,(H2,18,21). The first kappa shape index (κ1) is 18.7.